The highest BCUT2D eigenvalue weighted by molar-refractivity contribution is 5.90. The molecule has 0 atom stereocenters. The van der Waals surface area contributed by atoms with Crippen LogP contribution in [0.3, 0.4) is 0 Å². The van der Waals surface area contributed by atoms with E-state index in [1.54, 1.807) is 6.08 Å². The van der Waals surface area contributed by atoms with Gasteiger partial charge in [-0.05, 0) is 35.8 Å². The van der Waals surface area contributed by atoms with E-state index in [2.05, 4.69) is 6.07 Å². The van der Waals surface area contributed by atoms with Gasteiger partial charge < -0.3 is 10.2 Å². The van der Waals surface area contributed by atoms with Crippen LogP contribution < -0.4 is 0 Å². The van der Waals surface area contributed by atoms with Crippen molar-refractivity contribution in [2.75, 3.05) is 0 Å². The first-order chi connectivity index (χ1) is 10.2. The van der Waals surface area contributed by atoms with Gasteiger partial charge in [0.2, 0.25) is 0 Å². The third kappa shape index (κ3) is 3.43. The lowest BCUT2D eigenvalue weighted by molar-refractivity contribution is 0.437. The highest BCUT2D eigenvalue weighted by atomic mass is 16.3. The smallest absolute Gasteiger partial charge is 0.123 e. The topological polar surface area (TPSA) is 64.2 Å². The van der Waals surface area contributed by atoms with Gasteiger partial charge in [0, 0.05) is 5.56 Å². The molecule has 2 N–H and O–H groups in total. The standard InChI is InChI=1S/C18H17NO2/c1-2-6-16-17(20)10-14(11-18(16)21)15(12-19)9-13-7-4-3-5-8-13/h3-5,7-11,20-21H,2,6H2,1H3. The zero-order valence-electron chi connectivity index (χ0n) is 11.9. The van der Waals surface area contributed by atoms with Crippen LogP contribution in [0.2, 0.25) is 0 Å². The predicted octanol–water partition coefficient (Wildman–Crippen LogP) is 4.11. The fourth-order valence-electron chi connectivity index (χ4n) is 2.20. The molecule has 0 aliphatic carbocycles. The molecule has 0 saturated heterocycles. The molecule has 0 aromatic heterocycles. The zero-order valence-corrected chi connectivity index (χ0v) is 11.9. The minimum absolute atomic E-state index is 0.0288. The second-order valence-corrected chi connectivity index (χ2v) is 4.82. The molecule has 0 saturated carbocycles. The van der Waals surface area contributed by atoms with Gasteiger partial charge in [0.25, 0.3) is 0 Å². The lowest BCUT2D eigenvalue weighted by Crippen LogP contribution is -1.90. The molecule has 0 bridgehead atoms. The van der Waals surface area contributed by atoms with Gasteiger partial charge >= 0.3 is 0 Å². The third-order valence-electron chi connectivity index (χ3n) is 3.24. The predicted molar refractivity (Wildman–Crippen MR) is 83.7 cm³/mol. The fraction of sp³-hybridized carbons (Fsp3) is 0.167. The number of phenolic OH excluding ortho intramolecular Hbond substituents is 2. The molecule has 2 rings (SSSR count). The van der Waals surface area contributed by atoms with E-state index in [1.165, 1.54) is 12.1 Å². The molecule has 0 fully saturated rings. The first kappa shape index (κ1) is 14.7. The van der Waals surface area contributed by atoms with E-state index in [0.717, 1.165) is 12.0 Å². The fourth-order valence-corrected chi connectivity index (χ4v) is 2.20. The molecular formula is C18H17NO2. The van der Waals surface area contributed by atoms with Crippen LogP contribution in [0.4, 0.5) is 0 Å². The van der Waals surface area contributed by atoms with Gasteiger partial charge in [-0.15, -0.1) is 0 Å². The maximum Gasteiger partial charge on any atom is 0.123 e. The Hall–Kier alpha value is -2.73. The second kappa shape index (κ2) is 6.62. The van der Waals surface area contributed by atoms with Crippen LogP contribution >= 0.6 is 0 Å². The van der Waals surface area contributed by atoms with Crippen molar-refractivity contribution in [3.63, 3.8) is 0 Å². The summed E-state index contributed by atoms with van der Waals surface area (Å²) in [6, 6.07) is 14.6. The van der Waals surface area contributed by atoms with E-state index in [1.807, 2.05) is 37.3 Å². The summed E-state index contributed by atoms with van der Waals surface area (Å²) in [6.07, 6.45) is 3.15. The van der Waals surface area contributed by atoms with Gasteiger partial charge in [-0.25, -0.2) is 0 Å². The number of phenols is 2. The van der Waals surface area contributed by atoms with Crippen molar-refractivity contribution in [3.05, 3.63) is 59.2 Å². The summed E-state index contributed by atoms with van der Waals surface area (Å²) in [7, 11) is 0. The summed E-state index contributed by atoms with van der Waals surface area (Å²) in [5.74, 6) is 0.0575. The largest absolute Gasteiger partial charge is 0.508 e. The van der Waals surface area contributed by atoms with Crippen LogP contribution in [0.1, 0.15) is 30.0 Å². The van der Waals surface area contributed by atoms with Crippen molar-refractivity contribution in [3.8, 4) is 17.6 Å². The second-order valence-electron chi connectivity index (χ2n) is 4.82. The summed E-state index contributed by atoms with van der Waals surface area (Å²) >= 11 is 0. The molecule has 0 aliphatic rings. The first-order valence-corrected chi connectivity index (χ1v) is 6.87. The van der Waals surface area contributed by atoms with Crippen LogP contribution in [0.15, 0.2) is 42.5 Å². The highest BCUT2D eigenvalue weighted by Crippen LogP contribution is 2.33. The van der Waals surface area contributed by atoms with E-state index < -0.39 is 0 Å². The SMILES string of the molecule is CCCc1c(O)cc(C(C#N)=Cc2ccccc2)cc1O. The molecule has 2 aromatic carbocycles. The normalized spacial score (nSPS) is 11.1. The monoisotopic (exact) mass is 279 g/mol. The van der Waals surface area contributed by atoms with E-state index in [-0.39, 0.29) is 11.5 Å². The summed E-state index contributed by atoms with van der Waals surface area (Å²) in [5, 5.41) is 29.3. The van der Waals surface area contributed by atoms with Crippen LogP contribution in [-0.2, 0) is 6.42 Å². The lowest BCUT2D eigenvalue weighted by atomic mass is 9.99. The maximum atomic E-state index is 10.0. The van der Waals surface area contributed by atoms with E-state index in [4.69, 9.17) is 0 Å². The van der Waals surface area contributed by atoms with E-state index in [0.29, 0.717) is 23.1 Å². The Balaban J connectivity index is 2.45. The molecule has 106 valence electrons. The van der Waals surface area contributed by atoms with Crippen LogP contribution in [-0.4, -0.2) is 10.2 Å². The van der Waals surface area contributed by atoms with Crippen molar-refractivity contribution >= 4 is 11.6 Å². The average Bonchev–Trinajstić information content (AvgIpc) is 2.49. The number of hydrogen-bond donors (Lipinski definition) is 2. The molecule has 21 heavy (non-hydrogen) atoms. The molecule has 0 amide bonds. The number of rotatable bonds is 4. The number of allylic oxidation sites excluding steroid dienone is 1. The van der Waals surface area contributed by atoms with E-state index >= 15 is 0 Å². The molecular weight excluding hydrogens is 262 g/mol. The molecule has 2 aromatic rings. The first-order valence-electron chi connectivity index (χ1n) is 6.87. The highest BCUT2D eigenvalue weighted by Gasteiger charge is 2.11. The Morgan fingerprint density at radius 1 is 1.14 bits per heavy atom. The molecule has 0 spiro atoms. The summed E-state index contributed by atoms with van der Waals surface area (Å²) in [5.41, 5.74) is 2.33. The average molecular weight is 279 g/mol. The van der Waals surface area contributed by atoms with Gasteiger partial charge in [-0.3, -0.25) is 0 Å². The molecule has 0 heterocycles. The van der Waals surface area contributed by atoms with Gasteiger partial charge in [0.15, 0.2) is 0 Å². The minimum atomic E-state index is 0.0288. The van der Waals surface area contributed by atoms with Gasteiger partial charge in [0.05, 0.1) is 11.6 Å². The Morgan fingerprint density at radius 3 is 2.29 bits per heavy atom. The Kier molecular flexibility index (Phi) is 4.63. The molecule has 0 radical (unpaired) electrons. The maximum absolute atomic E-state index is 10.0. The van der Waals surface area contributed by atoms with Gasteiger partial charge in [-0.2, -0.15) is 5.26 Å². The minimum Gasteiger partial charge on any atom is -0.508 e. The van der Waals surface area contributed by atoms with Crippen molar-refractivity contribution < 1.29 is 10.2 Å². The van der Waals surface area contributed by atoms with Crippen LogP contribution in [0.25, 0.3) is 11.6 Å². The molecule has 0 aliphatic heterocycles. The van der Waals surface area contributed by atoms with Crippen LogP contribution in [0, 0.1) is 11.3 Å². The van der Waals surface area contributed by atoms with Crippen molar-refractivity contribution in [1.82, 2.24) is 0 Å². The van der Waals surface area contributed by atoms with Crippen molar-refractivity contribution in [1.29, 1.82) is 5.26 Å². The summed E-state index contributed by atoms with van der Waals surface area (Å²) < 4.78 is 0. The number of aromatic hydroxyl groups is 2. The van der Waals surface area contributed by atoms with Crippen molar-refractivity contribution in [2.45, 2.75) is 19.8 Å². The number of nitriles is 1. The van der Waals surface area contributed by atoms with Crippen LogP contribution in [0.5, 0.6) is 11.5 Å². The van der Waals surface area contributed by atoms with E-state index in [9.17, 15) is 15.5 Å². The number of nitrogens with zero attached hydrogens (tertiary/aromatic N) is 1. The lowest BCUT2D eigenvalue weighted by Gasteiger charge is -2.09. The Morgan fingerprint density at radius 2 is 1.76 bits per heavy atom. The molecule has 3 heteroatoms. The summed E-state index contributed by atoms with van der Waals surface area (Å²) in [6.45, 7) is 1.98. The van der Waals surface area contributed by atoms with Crippen molar-refractivity contribution in [2.24, 2.45) is 0 Å². The summed E-state index contributed by atoms with van der Waals surface area (Å²) in [4.78, 5) is 0. The third-order valence-corrected chi connectivity index (χ3v) is 3.24. The Bertz CT molecular complexity index is 674. The Labute approximate surface area is 124 Å². The zero-order chi connectivity index (χ0) is 15.2. The molecule has 0 unspecified atom stereocenters. The molecule has 3 nitrogen and oxygen atoms in total. The quantitative estimate of drug-likeness (QED) is 0.653. The number of benzene rings is 2. The van der Waals surface area contributed by atoms with Gasteiger partial charge in [0.1, 0.15) is 11.5 Å². The number of hydrogen-bond acceptors (Lipinski definition) is 3. The van der Waals surface area contributed by atoms with Gasteiger partial charge in [-0.1, -0.05) is 43.7 Å².